The number of pyridine rings is 1. The first-order valence-corrected chi connectivity index (χ1v) is 6.29. The van der Waals surface area contributed by atoms with Crippen LogP contribution in [-0.4, -0.2) is 62.1 Å². The number of carbonyl (C=O) groups is 1. The predicted octanol–water partition coefficient (Wildman–Crippen LogP) is 2.57. The first-order valence-electron chi connectivity index (χ1n) is 6.29. The molecule has 0 aliphatic rings. The standard InChI is InChI=1S/C13H19F3N4O.ClH/c1-18(2)7-8-20(12(21)19(3)4)11-9-10(5-6-17-11)13(14,15)16;/h5-6,9H,7-8H2,1-4H3;1H. The van der Waals surface area contributed by atoms with E-state index in [-0.39, 0.29) is 24.8 Å². The number of likely N-dealkylation sites (N-methyl/N-ethyl adjacent to an activating group) is 1. The van der Waals surface area contributed by atoms with Crippen molar-refractivity contribution < 1.29 is 18.0 Å². The first-order chi connectivity index (χ1) is 9.62. The lowest BCUT2D eigenvalue weighted by molar-refractivity contribution is -0.137. The van der Waals surface area contributed by atoms with Crippen LogP contribution in [0.5, 0.6) is 0 Å². The molecule has 1 aromatic heterocycles. The van der Waals surface area contributed by atoms with Crippen LogP contribution in [0, 0.1) is 0 Å². The topological polar surface area (TPSA) is 39.7 Å². The van der Waals surface area contributed by atoms with Crippen LogP contribution in [0.2, 0.25) is 0 Å². The van der Waals surface area contributed by atoms with Crippen molar-refractivity contribution >= 4 is 24.3 Å². The average molecular weight is 341 g/mol. The predicted molar refractivity (Wildman–Crippen MR) is 81.5 cm³/mol. The molecule has 0 radical (unpaired) electrons. The lowest BCUT2D eigenvalue weighted by Crippen LogP contribution is -2.43. The molecular weight excluding hydrogens is 321 g/mol. The highest BCUT2D eigenvalue weighted by Crippen LogP contribution is 2.30. The smallest absolute Gasteiger partial charge is 0.330 e. The van der Waals surface area contributed by atoms with E-state index >= 15 is 0 Å². The van der Waals surface area contributed by atoms with Crippen molar-refractivity contribution in [3.8, 4) is 0 Å². The Bertz CT molecular complexity index is 494. The Morgan fingerprint density at radius 1 is 1.18 bits per heavy atom. The van der Waals surface area contributed by atoms with Crippen LogP contribution >= 0.6 is 12.4 Å². The molecule has 0 bridgehead atoms. The average Bonchev–Trinajstić information content (AvgIpc) is 2.37. The summed E-state index contributed by atoms with van der Waals surface area (Å²) in [5, 5.41) is 0. The molecule has 5 nitrogen and oxygen atoms in total. The first kappa shape index (κ1) is 20.5. The summed E-state index contributed by atoms with van der Waals surface area (Å²) in [6, 6.07) is 1.36. The minimum atomic E-state index is -4.47. The van der Waals surface area contributed by atoms with Crippen LogP contribution in [0.15, 0.2) is 18.3 Å². The number of rotatable bonds is 4. The lowest BCUT2D eigenvalue weighted by atomic mass is 10.2. The molecular formula is C13H20ClF3N4O. The zero-order chi connectivity index (χ0) is 16.2. The number of carbonyl (C=O) groups excluding carboxylic acids is 1. The van der Waals surface area contributed by atoms with Crippen molar-refractivity contribution in [1.29, 1.82) is 0 Å². The zero-order valence-corrected chi connectivity index (χ0v) is 13.7. The fourth-order valence-electron chi connectivity index (χ4n) is 1.59. The molecule has 9 heteroatoms. The summed E-state index contributed by atoms with van der Waals surface area (Å²) < 4.78 is 38.3. The molecule has 22 heavy (non-hydrogen) atoms. The molecule has 0 N–H and O–H groups in total. The second kappa shape index (κ2) is 8.19. The number of hydrogen-bond acceptors (Lipinski definition) is 3. The van der Waals surface area contributed by atoms with E-state index in [1.165, 1.54) is 9.80 Å². The Morgan fingerprint density at radius 2 is 1.77 bits per heavy atom. The number of nitrogens with zero attached hydrogens (tertiary/aromatic N) is 4. The van der Waals surface area contributed by atoms with Gasteiger partial charge in [-0.1, -0.05) is 0 Å². The number of urea groups is 1. The molecule has 1 heterocycles. The second-order valence-corrected chi connectivity index (χ2v) is 5.03. The Hall–Kier alpha value is -1.54. The Balaban J connectivity index is 0.00000441. The van der Waals surface area contributed by atoms with Gasteiger partial charge in [0.15, 0.2) is 0 Å². The maximum Gasteiger partial charge on any atom is 0.416 e. The zero-order valence-electron chi connectivity index (χ0n) is 12.9. The molecule has 0 fully saturated rings. The van der Waals surface area contributed by atoms with Crippen molar-refractivity contribution in [3.63, 3.8) is 0 Å². The highest BCUT2D eigenvalue weighted by Gasteiger charge is 2.32. The molecule has 0 aromatic carbocycles. The normalized spacial score (nSPS) is 11.1. The molecule has 0 spiro atoms. The van der Waals surface area contributed by atoms with Crippen LogP contribution < -0.4 is 4.90 Å². The Morgan fingerprint density at radius 3 is 2.23 bits per heavy atom. The summed E-state index contributed by atoms with van der Waals surface area (Å²) in [4.78, 5) is 20.4. The van der Waals surface area contributed by atoms with Crippen LogP contribution in [0.4, 0.5) is 23.8 Å². The van der Waals surface area contributed by atoms with E-state index in [1.807, 2.05) is 19.0 Å². The largest absolute Gasteiger partial charge is 0.416 e. The molecule has 0 atom stereocenters. The minimum absolute atomic E-state index is 0. The van der Waals surface area contributed by atoms with E-state index in [2.05, 4.69) is 4.98 Å². The van der Waals surface area contributed by atoms with Gasteiger partial charge in [-0.25, -0.2) is 9.78 Å². The van der Waals surface area contributed by atoms with Crippen molar-refractivity contribution in [2.45, 2.75) is 6.18 Å². The molecule has 2 amide bonds. The number of alkyl halides is 3. The van der Waals surface area contributed by atoms with Crippen LogP contribution in [-0.2, 0) is 6.18 Å². The van der Waals surface area contributed by atoms with E-state index in [0.29, 0.717) is 6.54 Å². The number of hydrogen-bond donors (Lipinski definition) is 0. The van der Waals surface area contributed by atoms with Gasteiger partial charge in [0.2, 0.25) is 0 Å². The fourth-order valence-corrected chi connectivity index (χ4v) is 1.59. The third-order valence-corrected chi connectivity index (χ3v) is 2.73. The van der Waals surface area contributed by atoms with Gasteiger partial charge in [-0.15, -0.1) is 12.4 Å². The highest BCUT2D eigenvalue weighted by molar-refractivity contribution is 5.90. The van der Waals surface area contributed by atoms with Gasteiger partial charge in [0, 0.05) is 33.4 Å². The van der Waals surface area contributed by atoms with Gasteiger partial charge in [-0.2, -0.15) is 13.2 Å². The summed E-state index contributed by atoms with van der Waals surface area (Å²) in [5.41, 5.74) is -0.825. The van der Waals surface area contributed by atoms with E-state index in [1.54, 1.807) is 14.1 Å². The number of aromatic nitrogens is 1. The van der Waals surface area contributed by atoms with Gasteiger partial charge >= 0.3 is 12.2 Å². The van der Waals surface area contributed by atoms with E-state index in [9.17, 15) is 18.0 Å². The summed E-state index contributed by atoms with van der Waals surface area (Å²) in [6.07, 6.45) is -3.41. The molecule has 0 aliphatic carbocycles. The Kier molecular flexibility index (Phi) is 7.61. The third kappa shape index (κ3) is 5.69. The monoisotopic (exact) mass is 340 g/mol. The van der Waals surface area contributed by atoms with Crippen LogP contribution in [0.25, 0.3) is 0 Å². The second-order valence-electron chi connectivity index (χ2n) is 5.03. The third-order valence-electron chi connectivity index (χ3n) is 2.73. The molecule has 0 saturated heterocycles. The van der Waals surface area contributed by atoms with Gasteiger partial charge in [0.1, 0.15) is 5.82 Å². The quantitative estimate of drug-likeness (QED) is 0.845. The van der Waals surface area contributed by atoms with Gasteiger partial charge in [-0.3, -0.25) is 4.90 Å². The van der Waals surface area contributed by atoms with Gasteiger partial charge < -0.3 is 9.80 Å². The summed E-state index contributed by atoms with van der Waals surface area (Å²) in [6.45, 7) is 0.760. The summed E-state index contributed by atoms with van der Waals surface area (Å²) in [7, 11) is 6.72. The maximum absolute atomic E-state index is 12.8. The van der Waals surface area contributed by atoms with Crippen molar-refractivity contribution in [2.75, 3.05) is 46.2 Å². The molecule has 0 saturated carbocycles. The maximum atomic E-state index is 12.8. The number of anilines is 1. The minimum Gasteiger partial charge on any atom is -0.330 e. The molecule has 1 rings (SSSR count). The van der Waals surface area contributed by atoms with Gasteiger partial charge in [-0.05, 0) is 26.2 Å². The van der Waals surface area contributed by atoms with Gasteiger partial charge in [0.25, 0.3) is 0 Å². The van der Waals surface area contributed by atoms with E-state index < -0.39 is 17.8 Å². The highest BCUT2D eigenvalue weighted by atomic mass is 35.5. The van der Waals surface area contributed by atoms with Crippen molar-refractivity contribution in [2.24, 2.45) is 0 Å². The summed E-state index contributed by atoms with van der Waals surface area (Å²) >= 11 is 0. The Labute approximate surface area is 134 Å². The van der Waals surface area contributed by atoms with Crippen molar-refractivity contribution in [3.05, 3.63) is 23.9 Å². The molecule has 0 unspecified atom stereocenters. The van der Waals surface area contributed by atoms with E-state index in [0.717, 1.165) is 18.3 Å². The van der Waals surface area contributed by atoms with E-state index in [4.69, 9.17) is 0 Å². The fraction of sp³-hybridized carbons (Fsp3) is 0.538. The number of halogens is 4. The van der Waals surface area contributed by atoms with Crippen LogP contribution in [0.3, 0.4) is 0 Å². The van der Waals surface area contributed by atoms with Crippen LogP contribution in [0.1, 0.15) is 5.56 Å². The lowest BCUT2D eigenvalue weighted by Gasteiger charge is -2.27. The molecule has 1 aromatic rings. The number of amides is 2. The molecule has 126 valence electrons. The van der Waals surface area contributed by atoms with Crippen molar-refractivity contribution in [1.82, 2.24) is 14.8 Å². The molecule has 0 aliphatic heterocycles. The van der Waals surface area contributed by atoms with Gasteiger partial charge in [0.05, 0.1) is 5.56 Å². The summed E-state index contributed by atoms with van der Waals surface area (Å²) in [5.74, 6) is -0.00891. The SMILES string of the molecule is CN(C)CCN(C(=O)N(C)C)c1cc(C(F)(F)F)ccn1.Cl.